The quantitative estimate of drug-likeness (QED) is 0.597. The third kappa shape index (κ3) is 1.70. The van der Waals surface area contributed by atoms with E-state index in [4.69, 9.17) is 4.74 Å². The Morgan fingerprint density at radius 2 is 2.08 bits per heavy atom. The predicted octanol–water partition coefficient (Wildman–Crippen LogP) is 1.47. The number of hydrogen-bond donors (Lipinski definition) is 1. The Hall–Kier alpha value is -0.340. The van der Waals surface area contributed by atoms with E-state index in [1.165, 1.54) is 19.3 Å². The average Bonchev–Trinajstić information content (AvgIpc) is 2.04. The molecule has 1 N–H and O–H groups in total. The van der Waals surface area contributed by atoms with Crippen LogP contribution in [0.1, 0.15) is 26.2 Å². The van der Waals surface area contributed by atoms with Crippen LogP contribution in [0.4, 0.5) is 0 Å². The smallest absolute Gasteiger partial charge is 0.0623 e. The number of hydrogen-bond acceptors (Lipinski definition) is 2. The molecule has 2 rings (SSSR count). The number of piperidine rings is 1. The van der Waals surface area contributed by atoms with Gasteiger partial charge in [0.2, 0.25) is 0 Å². The fourth-order valence-corrected chi connectivity index (χ4v) is 2.19. The number of morpholine rings is 1. The maximum absolute atomic E-state index is 5.47. The molecule has 0 saturated carbocycles. The zero-order valence-corrected chi connectivity index (χ0v) is 7.68. The summed E-state index contributed by atoms with van der Waals surface area (Å²) in [6.45, 7) is 4.01. The van der Waals surface area contributed by atoms with Gasteiger partial charge < -0.3 is 10.1 Å². The standard InChI is InChI=1S/C10H17NO/c1-2-3-8-4-9-6-12-7-10(5-8)11-9/h3,9-11H,2,4-7H2,1H3. The maximum atomic E-state index is 5.47. The van der Waals surface area contributed by atoms with Crippen LogP contribution in [-0.2, 0) is 4.74 Å². The van der Waals surface area contributed by atoms with Gasteiger partial charge in [-0.2, -0.15) is 0 Å². The number of ether oxygens (including phenoxy) is 1. The molecule has 2 heteroatoms. The summed E-state index contributed by atoms with van der Waals surface area (Å²) in [5.74, 6) is 0. The Morgan fingerprint density at radius 1 is 1.42 bits per heavy atom. The molecule has 0 spiro atoms. The molecule has 0 aromatic rings. The molecule has 68 valence electrons. The molecule has 0 amide bonds. The summed E-state index contributed by atoms with van der Waals surface area (Å²) in [5.41, 5.74) is 1.63. The van der Waals surface area contributed by atoms with Gasteiger partial charge in [-0.1, -0.05) is 18.6 Å². The van der Waals surface area contributed by atoms with Crippen molar-refractivity contribution in [3.63, 3.8) is 0 Å². The highest BCUT2D eigenvalue weighted by molar-refractivity contribution is 5.11. The van der Waals surface area contributed by atoms with Crippen LogP contribution in [0.2, 0.25) is 0 Å². The largest absolute Gasteiger partial charge is 0.378 e. The molecule has 0 aromatic heterocycles. The van der Waals surface area contributed by atoms with Crippen molar-refractivity contribution in [3.8, 4) is 0 Å². The summed E-state index contributed by atoms with van der Waals surface area (Å²) in [7, 11) is 0. The Bertz CT molecular complexity index is 174. The van der Waals surface area contributed by atoms with Gasteiger partial charge in [-0.25, -0.2) is 0 Å². The van der Waals surface area contributed by atoms with Crippen molar-refractivity contribution >= 4 is 0 Å². The van der Waals surface area contributed by atoms with E-state index < -0.39 is 0 Å². The van der Waals surface area contributed by atoms with Gasteiger partial charge in [0, 0.05) is 12.1 Å². The first-order valence-corrected chi connectivity index (χ1v) is 4.90. The van der Waals surface area contributed by atoms with Crippen LogP contribution >= 0.6 is 0 Å². The molecular formula is C10H17NO. The molecule has 2 aliphatic rings. The van der Waals surface area contributed by atoms with Crippen molar-refractivity contribution in [1.82, 2.24) is 5.32 Å². The topological polar surface area (TPSA) is 21.3 Å². The van der Waals surface area contributed by atoms with Gasteiger partial charge in [0.25, 0.3) is 0 Å². The van der Waals surface area contributed by atoms with E-state index in [-0.39, 0.29) is 0 Å². The molecule has 2 heterocycles. The van der Waals surface area contributed by atoms with E-state index in [9.17, 15) is 0 Å². The summed E-state index contributed by atoms with van der Waals surface area (Å²) in [4.78, 5) is 0. The van der Waals surface area contributed by atoms with Gasteiger partial charge in [0.05, 0.1) is 13.2 Å². The molecule has 2 fully saturated rings. The molecule has 2 saturated heterocycles. The minimum absolute atomic E-state index is 0.593. The predicted molar refractivity (Wildman–Crippen MR) is 49.1 cm³/mol. The Balaban J connectivity index is 2.00. The SMILES string of the molecule is CCC=C1CC2COCC(C1)N2. The van der Waals surface area contributed by atoms with Crippen LogP contribution in [0.15, 0.2) is 11.6 Å². The zero-order chi connectivity index (χ0) is 8.39. The van der Waals surface area contributed by atoms with Gasteiger partial charge in [0.15, 0.2) is 0 Å². The van der Waals surface area contributed by atoms with Crippen LogP contribution in [0, 0.1) is 0 Å². The van der Waals surface area contributed by atoms with E-state index in [1.54, 1.807) is 5.57 Å². The molecule has 2 atom stereocenters. The summed E-state index contributed by atoms with van der Waals surface area (Å²) < 4.78 is 5.47. The van der Waals surface area contributed by atoms with Crippen molar-refractivity contribution in [2.75, 3.05) is 13.2 Å². The lowest BCUT2D eigenvalue weighted by atomic mass is 9.92. The summed E-state index contributed by atoms with van der Waals surface area (Å²) in [6, 6.07) is 1.19. The monoisotopic (exact) mass is 167 g/mol. The molecule has 2 bridgehead atoms. The lowest BCUT2D eigenvalue weighted by Crippen LogP contribution is -2.52. The molecule has 0 aliphatic carbocycles. The summed E-state index contributed by atoms with van der Waals surface area (Å²) in [5, 5.41) is 3.58. The first kappa shape index (κ1) is 8.27. The highest BCUT2D eigenvalue weighted by Crippen LogP contribution is 2.23. The first-order valence-electron chi connectivity index (χ1n) is 4.90. The second-order valence-electron chi connectivity index (χ2n) is 3.78. The van der Waals surface area contributed by atoms with Crippen LogP contribution in [0.3, 0.4) is 0 Å². The first-order chi connectivity index (χ1) is 5.88. The van der Waals surface area contributed by atoms with Gasteiger partial charge in [0.1, 0.15) is 0 Å². The zero-order valence-electron chi connectivity index (χ0n) is 7.68. The highest BCUT2D eigenvalue weighted by Gasteiger charge is 2.27. The third-order valence-electron chi connectivity index (χ3n) is 2.62. The van der Waals surface area contributed by atoms with E-state index >= 15 is 0 Å². The fraction of sp³-hybridized carbons (Fsp3) is 0.800. The van der Waals surface area contributed by atoms with Crippen molar-refractivity contribution < 1.29 is 4.74 Å². The molecular weight excluding hydrogens is 150 g/mol. The second kappa shape index (κ2) is 3.58. The minimum atomic E-state index is 0.593. The fourth-order valence-electron chi connectivity index (χ4n) is 2.19. The van der Waals surface area contributed by atoms with Crippen molar-refractivity contribution in [2.45, 2.75) is 38.3 Å². The van der Waals surface area contributed by atoms with Crippen molar-refractivity contribution in [1.29, 1.82) is 0 Å². The van der Waals surface area contributed by atoms with Crippen molar-refractivity contribution in [2.24, 2.45) is 0 Å². The maximum Gasteiger partial charge on any atom is 0.0623 e. The van der Waals surface area contributed by atoms with Crippen LogP contribution in [0.25, 0.3) is 0 Å². The second-order valence-corrected chi connectivity index (χ2v) is 3.78. The Labute approximate surface area is 74.0 Å². The number of rotatable bonds is 1. The Kier molecular flexibility index (Phi) is 2.47. The van der Waals surface area contributed by atoms with Gasteiger partial charge in [-0.15, -0.1) is 0 Å². The highest BCUT2D eigenvalue weighted by atomic mass is 16.5. The number of allylic oxidation sites excluding steroid dienone is 1. The van der Waals surface area contributed by atoms with Gasteiger partial charge in [-0.05, 0) is 19.3 Å². The van der Waals surface area contributed by atoms with Gasteiger partial charge in [-0.3, -0.25) is 0 Å². The van der Waals surface area contributed by atoms with Crippen molar-refractivity contribution in [3.05, 3.63) is 11.6 Å². The number of fused-ring (bicyclic) bond motifs is 2. The van der Waals surface area contributed by atoms with E-state index in [0.29, 0.717) is 12.1 Å². The molecule has 0 radical (unpaired) electrons. The van der Waals surface area contributed by atoms with E-state index in [1.807, 2.05) is 0 Å². The number of nitrogens with one attached hydrogen (secondary N) is 1. The molecule has 0 aromatic carbocycles. The summed E-state index contributed by atoms with van der Waals surface area (Å²) in [6.07, 6.45) is 5.95. The minimum Gasteiger partial charge on any atom is -0.378 e. The third-order valence-corrected chi connectivity index (χ3v) is 2.62. The molecule has 2 unspecified atom stereocenters. The van der Waals surface area contributed by atoms with E-state index in [0.717, 1.165) is 13.2 Å². The van der Waals surface area contributed by atoms with Crippen LogP contribution < -0.4 is 5.32 Å². The average molecular weight is 167 g/mol. The van der Waals surface area contributed by atoms with Crippen LogP contribution in [-0.4, -0.2) is 25.3 Å². The summed E-state index contributed by atoms with van der Waals surface area (Å²) >= 11 is 0. The molecule has 2 aliphatic heterocycles. The lowest BCUT2D eigenvalue weighted by Gasteiger charge is -2.37. The Morgan fingerprint density at radius 3 is 2.67 bits per heavy atom. The van der Waals surface area contributed by atoms with E-state index in [2.05, 4.69) is 18.3 Å². The van der Waals surface area contributed by atoms with Gasteiger partial charge >= 0.3 is 0 Å². The lowest BCUT2D eigenvalue weighted by molar-refractivity contribution is 0.0350. The van der Waals surface area contributed by atoms with Crippen LogP contribution in [0.5, 0.6) is 0 Å². The molecule has 12 heavy (non-hydrogen) atoms. The normalized spacial score (nSPS) is 34.9. The molecule has 2 nitrogen and oxygen atoms in total.